The van der Waals surface area contributed by atoms with Gasteiger partial charge in [-0.05, 0) is 78.8 Å². The average molecular weight is 501 g/mol. The molecular formula is C34H29FN2O. The van der Waals surface area contributed by atoms with E-state index in [1.54, 1.807) is 12.1 Å². The van der Waals surface area contributed by atoms with Crippen molar-refractivity contribution in [2.24, 2.45) is 11.8 Å². The molecule has 188 valence electrons. The summed E-state index contributed by atoms with van der Waals surface area (Å²) in [6.45, 7) is 4.57. The molecule has 4 aromatic carbocycles. The lowest BCUT2D eigenvalue weighted by molar-refractivity contribution is 0.0907. The Labute approximate surface area is 221 Å². The molecule has 0 saturated heterocycles. The molecule has 0 aliphatic heterocycles. The quantitative estimate of drug-likeness (QED) is 0.233. The summed E-state index contributed by atoms with van der Waals surface area (Å²) in [5.41, 5.74) is 6.37. The van der Waals surface area contributed by atoms with Crippen LogP contribution in [0.1, 0.15) is 46.8 Å². The van der Waals surface area contributed by atoms with Crippen LogP contribution in [0.25, 0.3) is 16.6 Å². The molecule has 3 nitrogen and oxygen atoms in total. The number of aryl methyl sites for hydroxylation is 1. The second kappa shape index (κ2) is 8.22. The minimum Gasteiger partial charge on any atom is -0.294 e. The zero-order valence-corrected chi connectivity index (χ0v) is 21.6. The molecule has 2 fully saturated rings. The Balaban J connectivity index is 1.34. The monoisotopic (exact) mass is 500 g/mol. The molecule has 0 radical (unpaired) electrons. The highest BCUT2D eigenvalue weighted by Gasteiger charge is 2.78. The maximum Gasteiger partial charge on any atom is 0.165 e. The van der Waals surface area contributed by atoms with Crippen molar-refractivity contribution in [3.05, 3.63) is 131 Å². The van der Waals surface area contributed by atoms with Gasteiger partial charge in [-0.1, -0.05) is 67.6 Å². The van der Waals surface area contributed by atoms with Crippen LogP contribution in [0.15, 0.2) is 103 Å². The standard InChI is InChI=1S/C34H29FN2O/c1-22-17-30-25(21-36-37(30)28-15-13-27(35)14-16-28)18-29(22)34-20-24(32(38)23-9-5-3-6-10-23)19-31(34)33(34,2)26-11-7-4-8-12-26/h3-18,21,24,31H,19-20H2,1-2H3/t24?,31-,33+,34+/m0/s1. The Morgan fingerprint density at radius 2 is 1.63 bits per heavy atom. The third-order valence-electron chi connectivity index (χ3n) is 9.49. The number of nitrogens with zero attached hydrogens (tertiary/aromatic N) is 2. The number of fused-ring (bicyclic) bond motifs is 2. The topological polar surface area (TPSA) is 34.9 Å². The predicted octanol–water partition coefficient (Wildman–Crippen LogP) is 7.59. The summed E-state index contributed by atoms with van der Waals surface area (Å²) in [5, 5.41) is 5.72. The van der Waals surface area contributed by atoms with Crippen molar-refractivity contribution in [2.75, 3.05) is 0 Å². The minimum absolute atomic E-state index is 0.0104. The van der Waals surface area contributed by atoms with Crippen LogP contribution in [0.2, 0.25) is 0 Å². The van der Waals surface area contributed by atoms with Gasteiger partial charge in [-0.2, -0.15) is 5.10 Å². The molecule has 2 aliphatic rings. The van der Waals surface area contributed by atoms with E-state index in [1.807, 2.05) is 41.2 Å². The van der Waals surface area contributed by atoms with Gasteiger partial charge in [-0.25, -0.2) is 9.07 Å². The first-order valence-electron chi connectivity index (χ1n) is 13.3. The molecule has 0 spiro atoms. The molecule has 2 saturated carbocycles. The van der Waals surface area contributed by atoms with Crippen molar-refractivity contribution < 1.29 is 9.18 Å². The first kappa shape index (κ1) is 23.1. The second-order valence-electron chi connectivity index (χ2n) is 11.2. The molecule has 0 N–H and O–H groups in total. The number of rotatable bonds is 5. The van der Waals surface area contributed by atoms with E-state index < -0.39 is 0 Å². The summed E-state index contributed by atoms with van der Waals surface area (Å²) in [6, 6.07) is 31.5. The molecule has 1 heterocycles. The summed E-state index contributed by atoms with van der Waals surface area (Å²) >= 11 is 0. The van der Waals surface area contributed by atoms with Gasteiger partial charge in [0.1, 0.15) is 5.82 Å². The van der Waals surface area contributed by atoms with Gasteiger partial charge in [-0.15, -0.1) is 0 Å². The Bertz CT molecular complexity index is 1680. The molecule has 38 heavy (non-hydrogen) atoms. The third kappa shape index (κ3) is 3.13. The fourth-order valence-corrected chi connectivity index (χ4v) is 7.65. The zero-order valence-electron chi connectivity index (χ0n) is 21.6. The van der Waals surface area contributed by atoms with Gasteiger partial charge in [0.15, 0.2) is 5.78 Å². The lowest BCUT2D eigenvalue weighted by Gasteiger charge is -2.28. The van der Waals surface area contributed by atoms with E-state index >= 15 is 0 Å². The first-order chi connectivity index (χ1) is 18.4. The third-order valence-corrected chi connectivity index (χ3v) is 9.49. The molecule has 5 aromatic rings. The second-order valence-corrected chi connectivity index (χ2v) is 11.2. The van der Waals surface area contributed by atoms with Crippen LogP contribution in [0.5, 0.6) is 0 Å². The normalized spacial score (nSPS) is 25.9. The van der Waals surface area contributed by atoms with Crippen LogP contribution in [-0.2, 0) is 10.8 Å². The molecule has 1 unspecified atom stereocenters. The maximum atomic E-state index is 13.6. The summed E-state index contributed by atoms with van der Waals surface area (Å²) in [4.78, 5) is 13.6. The van der Waals surface area contributed by atoms with Gasteiger partial charge in [-0.3, -0.25) is 4.79 Å². The summed E-state index contributed by atoms with van der Waals surface area (Å²) in [7, 11) is 0. The van der Waals surface area contributed by atoms with Crippen LogP contribution in [0.4, 0.5) is 4.39 Å². The van der Waals surface area contributed by atoms with Gasteiger partial charge in [0.2, 0.25) is 0 Å². The molecule has 7 rings (SSSR count). The summed E-state index contributed by atoms with van der Waals surface area (Å²) in [5.74, 6) is 0.397. The molecule has 4 heteroatoms. The first-order valence-corrected chi connectivity index (χ1v) is 13.3. The number of Topliss-reactive ketones (excluding diaryl/α,β-unsaturated/α-hetero) is 1. The van der Waals surface area contributed by atoms with E-state index in [4.69, 9.17) is 0 Å². The number of aromatic nitrogens is 2. The molecule has 0 amide bonds. The molecule has 0 bridgehead atoms. The van der Waals surface area contributed by atoms with E-state index in [1.165, 1.54) is 28.8 Å². The lowest BCUT2D eigenvalue weighted by Crippen LogP contribution is -2.26. The van der Waals surface area contributed by atoms with Crippen LogP contribution in [0.3, 0.4) is 0 Å². The Kier molecular flexibility index (Phi) is 5.00. The smallest absolute Gasteiger partial charge is 0.165 e. The number of benzene rings is 4. The van der Waals surface area contributed by atoms with Gasteiger partial charge in [0.05, 0.1) is 17.4 Å². The average Bonchev–Trinajstić information content (AvgIpc) is 3.29. The van der Waals surface area contributed by atoms with Crippen LogP contribution >= 0.6 is 0 Å². The van der Waals surface area contributed by atoms with Crippen molar-refractivity contribution in [3.8, 4) is 5.69 Å². The maximum absolute atomic E-state index is 13.6. The number of carbonyl (C=O) groups is 1. The summed E-state index contributed by atoms with van der Waals surface area (Å²) < 4.78 is 15.4. The number of hydrogen-bond acceptors (Lipinski definition) is 2. The Morgan fingerprint density at radius 3 is 2.34 bits per heavy atom. The van der Waals surface area contributed by atoms with E-state index in [0.717, 1.165) is 35.0 Å². The lowest BCUT2D eigenvalue weighted by atomic mass is 9.74. The largest absolute Gasteiger partial charge is 0.294 e. The zero-order chi connectivity index (χ0) is 26.1. The van der Waals surface area contributed by atoms with Crippen molar-refractivity contribution in [3.63, 3.8) is 0 Å². The van der Waals surface area contributed by atoms with E-state index in [9.17, 15) is 9.18 Å². The minimum atomic E-state index is -0.261. The molecule has 1 aromatic heterocycles. The van der Waals surface area contributed by atoms with Crippen molar-refractivity contribution >= 4 is 16.7 Å². The van der Waals surface area contributed by atoms with Gasteiger partial charge < -0.3 is 0 Å². The van der Waals surface area contributed by atoms with Gasteiger partial charge >= 0.3 is 0 Å². The molecule has 4 atom stereocenters. The Hall–Kier alpha value is -4.05. The SMILES string of the molecule is Cc1cc2c(cnn2-c2ccc(F)cc2)cc1[C@]12CC(C(=O)c3ccccc3)C[C@H]1[C@@]2(C)c1ccccc1. The van der Waals surface area contributed by atoms with Crippen molar-refractivity contribution in [1.82, 2.24) is 9.78 Å². The van der Waals surface area contributed by atoms with Crippen LogP contribution in [-0.4, -0.2) is 15.6 Å². The van der Waals surface area contributed by atoms with Gasteiger partial charge in [0, 0.05) is 27.7 Å². The Morgan fingerprint density at radius 1 is 0.947 bits per heavy atom. The number of halogens is 1. The number of carbonyl (C=O) groups excluding carboxylic acids is 1. The van der Waals surface area contributed by atoms with E-state index in [0.29, 0.717) is 5.92 Å². The predicted molar refractivity (Wildman–Crippen MR) is 148 cm³/mol. The van der Waals surface area contributed by atoms with Crippen LogP contribution < -0.4 is 0 Å². The molecular weight excluding hydrogens is 471 g/mol. The van der Waals surface area contributed by atoms with Crippen LogP contribution in [0, 0.1) is 24.6 Å². The van der Waals surface area contributed by atoms with Crippen molar-refractivity contribution in [1.29, 1.82) is 0 Å². The highest BCUT2D eigenvalue weighted by molar-refractivity contribution is 5.98. The highest BCUT2D eigenvalue weighted by Crippen LogP contribution is 2.78. The summed E-state index contributed by atoms with van der Waals surface area (Å²) in [6.07, 6.45) is 3.64. The fourth-order valence-electron chi connectivity index (χ4n) is 7.65. The number of ketones is 1. The highest BCUT2D eigenvalue weighted by atomic mass is 19.1. The number of hydrogen-bond donors (Lipinski definition) is 0. The molecule has 2 aliphatic carbocycles. The van der Waals surface area contributed by atoms with E-state index in [-0.39, 0.29) is 28.3 Å². The fraction of sp³-hybridized carbons (Fsp3) is 0.235. The van der Waals surface area contributed by atoms with E-state index in [2.05, 4.69) is 61.4 Å². The van der Waals surface area contributed by atoms with Gasteiger partial charge in [0.25, 0.3) is 0 Å². The van der Waals surface area contributed by atoms with Crippen molar-refractivity contribution in [2.45, 2.75) is 37.5 Å².